The summed E-state index contributed by atoms with van der Waals surface area (Å²) in [7, 11) is 0. The molecule has 0 aliphatic carbocycles. The van der Waals surface area contributed by atoms with E-state index in [0.717, 1.165) is 11.4 Å². The molecule has 0 saturated heterocycles. The van der Waals surface area contributed by atoms with E-state index in [0.29, 0.717) is 34.1 Å². The number of para-hydroxylation sites is 2. The van der Waals surface area contributed by atoms with Crippen molar-refractivity contribution in [2.24, 2.45) is 0 Å². The number of aromatic nitrogens is 2. The molecule has 0 amide bonds. The molecule has 25 heavy (non-hydrogen) atoms. The molecular formula is C18H16Cl2N4O. The van der Waals surface area contributed by atoms with Crippen molar-refractivity contribution in [3.63, 3.8) is 0 Å². The Bertz CT molecular complexity index is 873. The van der Waals surface area contributed by atoms with Gasteiger partial charge in [-0.2, -0.15) is 4.98 Å². The molecule has 0 aliphatic rings. The van der Waals surface area contributed by atoms with Gasteiger partial charge in [0.25, 0.3) is 0 Å². The summed E-state index contributed by atoms with van der Waals surface area (Å²) < 4.78 is 5.61. The van der Waals surface area contributed by atoms with Crippen molar-refractivity contribution < 1.29 is 4.74 Å². The standard InChI is InChI=1S/C18H16Cl2N4O/c1-2-25-16-6-4-3-5-15(16)22-17-9-10-21-18(24-17)23-14-8-7-12(19)11-13(14)20/h3-11H,2H2,1H3,(H2,21,22,23,24). The first-order chi connectivity index (χ1) is 12.2. The first-order valence-corrected chi connectivity index (χ1v) is 8.45. The van der Waals surface area contributed by atoms with Gasteiger partial charge in [0, 0.05) is 11.2 Å². The van der Waals surface area contributed by atoms with Gasteiger partial charge in [-0.05, 0) is 43.3 Å². The van der Waals surface area contributed by atoms with Crippen LogP contribution in [0.2, 0.25) is 10.0 Å². The number of hydrogen-bond donors (Lipinski definition) is 2. The van der Waals surface area contributed by atoms with E-state index in [1.807, 2.05) is 31.2 Å². The Labute approximate surface area is 156 Å². The minimum Gasteiger partial charge on any atom is -0.492 e. The second-order valence-electron chi connectivity index (χ2n) is 5.07. The van der Waals surface area contributed by atoms with Crippen LogP contribution in [0.4, 0.5) is 23.1 Å². The van der Waals surface area contributed by atoms with Crippen molar-refractivity contribution in [1.29, 1.82) is 0 Å². The summed E-state index contributed by atoms with van der Waals surface area (Å²) in [4.78, 5) is 8.66. The topological polar surface area (TPSA) is 59.1 Å². The third-order valence-corrected chi connectivity index (χ3v) is 3.83. The Kier molecular flexibility index (Phi) is 5.58. The number of nitrogens with zero attached hydrogens (tertiary/aromatic N) is 2. The Hall–Kier alpha value is -2.50. The molecule has 2 N–H and O–H groups in total. The number of anilines is 4. The first-order valence-electron chi connectivity index (χ1n) is 7.69. The van der Waals surface area contributed by atoms with E-state index >= 15 is 0 Å². The van der Waals surface area contributed by atoms with Gasteiger partial charge in [0.1, 0.15) is 11.6 Å². The minimum atomic E-state index is 0.420. The van der Waals surface area contributed by atoms with Crippen molar-refractivity contribution >= 4 is 46.3 Å². The lowest BCUT2D eigenvalue weighted by molar-refractivity contribution is 0.342. The number of benzene rings is 2. The van der Waals surface area contributed by atoms with Crippen LogP contribution in [0.25, 0.3) is 0 Å². The smallest absolute Gasteiger partial charge is 0.229 e. The van der Waals surface area contributed by atoms with Crippen molar-refractivity contribution in [2.45, 2.75) is 6.92 Å². The predicted molar refractivity (Wildman–Crippen MR) is 103 cm³/mol. The van der Waals surface area contributed by atoms with Gasteiger partial charge in [-0.1, -0.05) is 35.3 Å². The van der Waals surface area contributed by atoms with Gasteiger partial charge in [0.05, 0.1) is 23.0 Å². The normalized spacial score (nSPS) is 10.4. The lowest BCUT2D eigenvalue weighted by Gasteiger charge is -2.12. The molecule has 7 heteroatoms. The van der Waals surface area contributed by atoms with E-state index in [2.05, 4.69) is 20.6 Å². The second-order valence-corrected chi connectivity index (χ2v) is 5.91. The Morgan fingerprint density at radius 3 is 2.64 bits per heavy atom. The van der Waals surface area contributed by atoms with Gasteiger partial charge < -0.3 is 15.4 Å². The third-order valence-electron chi connectivity index (χ3n) is 3.28. The van der Waals surface area contributed by atoms with Crippen LogP contribution in [-0.4, -0.2) is 16.6 Å². The summed E-state index contributed by atoms with van der Waals surface area (Å²) in [6.45, 7) is 2.53. The monoisotopic (exact) mass is 374 g/mol. The van der Waals surface area contributed by atoms with Gasteiger partial charge in [-0.25, -0.2) is 4.98 Å². The number of halogens is 2. The number of ether oxygens (including phenoxy) is 1. The van der Waals surface area contributed by atoms with Gasteiger partial charge in [-0.3, -0.25) is 0 Å². The largest absolute Gasteiger partial charge is 0.492 e. The molecule has 0 radical (unpaired) electrons. The summed E-state index contributed by atoms with van der Waals surface area (Å²) in [6, 6.07) is 14.6. The van der Waals surface area contributed by atoms with Gasteiger partial charge in [0.15, 0.2) is 0 Å². The van der Waals surface area contributed by atoms with Crippen LogP contribution in [0.3, 0.4) is 0 Å². The molecule has 2 aromatic carbocycles. The predicted octanol–water partition coefficient (Wildman–Crippen LogP) is 5.67. The number of hydrogen-bond acceptors (Lipinski definition) is 5. The zero-order valence-corrected chi connectivity index (χ0v) is 15.0. The lowest BCUT2D eigenvalue weighted by atomic mass is 10.3. The fourth-order valence-electron chi connectivity index (χ4n) is 2.19. The molecule has 5 nitrogen and oxygen atoms in total. The highest BCUT2D eigenvalue weighted by Crippen LogP contribution is 2.29. The van der Waals surface area contributed by atoms with E-state index in [-0.39, 0.29) is 0 Å². The molecule has 0 unspecified atom stereocenters. The Balaban J connectivity index is 1.80. The van der Waals surface area contributed by atoms with Gasteiger partial charge in [0.2, 0.25) is 5.95 Å². The van der Waals surface area contributed by atoms with Crippen molar-refractivity contribution in [1.82, 2.24) is 9.97 Å². The van der Waals surface area contributed by atoms with E-state index in [4.69, 9.17) is 27.9 Å². The zero-order chi connectivity index (χ0) is 17.6. The van der Waals surface area contributed by atoms with Crippen LogP contribution in [0.15, 0.2) is 54.7 Å². The molecule has 1 heterocycles. The number of rotatable bonds is 6. The SMILES string of the molecule is CCOc1ccccc1Nc1ccnc(Nc2ccc(Cl)cc2Cl)n1. The summed E-state index contributed by atoms with van der Waals surface area (Å²) in [5.74, 6) is 1.82. The number of nitrogens with one attached hydrogen (secondary N) is 2. The van der Waals surface area contributed by atoms with E-state index < -0.39 is 0 Å². The van der Waals surface area contributed by atoms with Crippen LogP contribution in [0, 0.1) is 0 Å². The highest BCUT2D eigenvalue weighted by molar-refractivity contribution is 6.36. The summed E-state index contributed by atoms with van der Waals surface area (Å²) in [5.41, 5.74) is 1.51. The maximum atomic E-state index is 6.17. The second kappa shape index (κ2) is 8.05. The Morgan fingerprint density at radius 2 is 1.84 bits per heavy atom. The maximum Gasteiger partial charge on any atom is 0.229 e. The minimum absolute atomic E-state index is 0.420. The van der Waals surface area contributed by atoms with E-state index in [1.165, 1.54) is 0 Å². The molecule has 0 spiro atoms. The fraction of sp³-hybridized carbons (Fsp3) is 0.111. The first kappa shape index (κ1) is 17.3. The highest BCUT2D eigenvalue weighted by atomic mass is 35.5. The molecule has 128 valence electrons. The van der Waals surface area contributed by atoms with Crippen LogP contribution in [0.1, 0.15) is 6.92 Å². The quantitative estimate of drug-likeness (QED) is 0.581. The fourth-order valence-corrected chi connectivity index (χ4v) is 2.64. The van der Waals surface area contributed by atoms with Crippen molar-refractivity contribution in [3.8, 4) is 5.75 Å². The summed E-state index contributed by atoms with van der Waals surface area (Å²) in [6.07, 6.45) is 1.66. The van der Waals surface area contributed by atoms with E-state index in [9.17, 15) is 0 Å². The van der Waals surface area contributed by atoms with E-state index in [1.54, 1.807) is 30.5 Å². The molecule has 0 aliphatic heterocycles. The molecule has 0 atom stereocenters. The molecule has 0 saturated carbocycles. The average Bonchev–Trinajstić information content (AvgIpc) is 2.60. The van der Waals surface area contributed by atoms with Crippen molar-refractivity contribution in [3.05, 3.63) is 64.8 Å². The van der Waals surface area contributed by atoms with Crippen LogP contribution < -0.4 is 15.4 Å². The zero-order valence-electron chi connectivity index (χ0n) is 13.5. The molecule has 0 bridgehead atoms. The molecule has 3 aromatic rings. The Morgan fingerprint density at radius 1 is 1.00 bits per heavy atom. The summed E-state index contributed by atoms with van der Waals surface area (Å²) in [5, 5.41) is 7.38. The lowest BCUT2D eigenvalue weighted by Crippen LogP contribution is -2.02. The molecule has 0 fully saturated rings. The molecular weight excluding hydrogens is 359 g/mol. The third kappa shape index (κ3) is 4.53. The van der Waals surface area contributed by atoms with Crippen LogP contribution >= 0.6 is 23.2 Å². The maximum absolute atomic E-state index is 6.17. The van der Waals surface area contributed by atoms with Crippen LogP contribution in [-0.2, 0) is 0 Å². The summed E-state index contributed by atoms with van der Waals surface area (Å²) >= 11 is 12.1. The van der Waals surface area contributed by atoms with Gasteiger partial charge in [-0.15, -0.1) is 0 Å². The highest BCUT2D eigenvalue weighted by Gasteiger charge is 2.07. The van der Waals surface area contributed by atoms with Crippen LogP contribution in [0.5, 0.6) is 5.75 Å². The molecule has 1 aromatic heterocycles. The average molecular weight is 375 g/mol. The van der Waals surface area contributed by atoms with Gasteiger partial charge >= 0.3 is 0 Å². The van der Waals surface area contributed by atoms with Crippen molar-refractivity contribution in [2.75, 3.05) is 17.2 Å². The molecule has 3 rings (SSSR count).